The highest BCUT2D eigenvalue weighted by molar-refractivity contribution is 7.98. The van der Waals surface area contributed by atoms with Crippen LogP contribution in [0, 0.1) is 0 Å². The van der Waals surface area contributed by atoms with Gasteiger partial charge < -0.3 is 9.32 Å². The van der Waals surface area contributed by atoms with E-state index in [2.05, 4.69) is 23.1 Å². The molecule has 1 unspecified atom stereocenters. The Morgan fingerprint density at radius 2 is 2.40 bits per heavy atom. The van der Waals surface area contributed by atoms with E-state index in [4.69, 9.17) is 16.0 Å². The Balaban J connectivity index is 2.68. The van der Waals surface area contributed by atoms with Crippen LogP contribution in [0.25, 0.3) is 0 Å². The second-order valence-corrected chi connectivity index (χ2v) is 4.56. The van der Waals surface area contributed by atoms with Gasteiger partial charge in [0.2, 0.25) is 0 Å². The second kappa shape index (κ2) is 6.28. The molecule has 0 bridgehead atoms. The van der Waals surface area contributed by atoms with Gasteiger partial charge in [-0.3, -0.25) is 0 Å². The van der Waals surface area contributed by atoms with Crippen LogP contribution in [-0.2, 0) is 5.88 Å². The Morgan fingerprint density at radius 1 is 1.67 bits per heavy atom. The summed E-state index contributed by atoms with van der Waals surface area (Å²) in [5.74, 6) is 1.47. The van der Waals surface area contributed by atoms with E-state index in [-0.39, 0.29) is 0 Å². The van der Waals surface area contributed by atoms with Crippen molar-refractivity contribution in [3.8, 4) is 0 Å². The fourth-order valence-corrected chi connectivity index (χ4v) is 2.34. The Kier molecular flexibility index (Phi) is 5.32. The second-order valence-electron chi connectivity index (χ2n) is 3.38. The minimum absolute atomic E-state index is 0.399. The molecule has 0 aromatic carbocycles. The lowest BCUT2D eigenvalue weighted by atomic mass is 10.2. The number of rotatable bonds is 6. The zero-order chi connectivity index (χ0) is 11.3. The number of thioether (sulfide) groups is 1. The lowest BCUT2D eigenvalue weighted by Crippen LogP contribution is -2.33. The van der Waals surface area contributed by atoms with E-state index in [0.29, 0.717) is 17.9 Å². The van der Waals surface area contributed by atoms with Crippen LogP contribution in [0.4, 0.5) is 6.01 Å². The van der Waals surface area contributed by atoms with Crippen LogP contribution in [0.5, 0.6) is 0 Å². The van der Waals surface area contributed by atoms with Gasteiger partial charge in [-0.2, -0.15) is 16.7 Å². The van der Waals surface area contributed by atoms with Crippen molar-refractivity contribution >= 4 is 29.4 Å². The lowest BCUT2D eigenvalue weighted by Gasteiger charge is -2.24. The van der Waals surface area contributed by atoms with Gasteiger partial charge in [0.05, 0.1) is 11.6 Å². The number of anilines is 1. The third-order valence-corrected chi connectivity index (χ3v) is 3.35. The maximum absolute atomic E-state index is 5.67. The first kappa shape index (κ1) is 12.7. The van der Waals surface area contributed by atoms with E-state index in [1.54, 1.807) is 6.26 Å². The number of hydrogen-bond acceptors (Lipinski definition) is 4. The van der Waals surface area contributed by atoms with E-state index in [1.165, 1.54) is 0 Å². The molecule has 1 heterocycles. The molecule has 1 atom stereocenters. The molecule has 0 aliphatic heterocycles. The fourth-order valence-electron chi connectivity index (χ4n) is 1.37. The molecular weight excluding hydrogens is 232 g/mol. The van der Waals surface area contributed by atoms with E-state index in [9.17, 15) is 0 Å². The smallest absolute Gasteiger partial charge is 0.297 e. The number of oxazole rings is 1. The zero-order valence-corrected chi connectivity index (χ0v) is 10.9. The first-order valence-electron chi connectivity index (χ1n) is 4.95. The summed E-state index contributed by atoms with van der Waals surface area (Å²) in [5, 5.41) is 0. The van der Waals surface area contributed by atoms with Gasteiger partial charge in [0, 0.05) is 18.8 Å². The summed E-state index contributed by atoms with van der Waals surface area (Å²) in [4.78, 5) is 6.37. The first-order valence-corrected chi connectivity index (χ1v) is 6.87. The minimum Gasteiger partial charge on any atom is -0.432 e. The van der Waals surface area contributed by atoms with Crippen LogP contribution in [0.2, 0.25) is 0 Å². The van der Waals surface area contributed by atoms with Gasteiger partial charge >= 0.3 is 0 Å². The summed E-state index contributed by atoms with van der Waals surface area (Å²) >= 11 is 7.51. The Bertz CT molecular complexity index is 293. The first-order chi connectivity index (χ1) is 7.22. The van der Waals surface area contributed by atoms with Crippen LogP contribution in [0.1, 0.15) is 19.0 Å². The molecule has 0 fully saturated rings. The molecular formula is C10H17ClN2OS. The van der Waals surface area contributed by atoms with Crippen molar-refractivity contribution < 1.29 is 4.42 Å². The maximum Gasteiger partial charge on any atom is 0.297 e. The monoisotopic (exact) mass is 248 g/mol. The Labute approximate surface area is 100 Å². The van der Waals surface area contributed by atoms with E-state index < -0.39 is 0 Å². The van der Waals surface area contributed by atoms with Gasteiger partial charge in [0.15, 0.2) is 0 Å². The molecule has 86 valence electrons. The summed E-state index contributed by atoms with van der Waals surface area (Å²) in [6.07, 6.45) is 4.80. The van der Waals surface area contributed by atoms with Gasteiger partial charge in [-0.15, -0.1) is 11.6 Å². The summed E-state index contributed by atoms with van der Waals surface area (Å²) in [6, 6.07) is 1.12. The minimum atomic E-state index is 0.399. The van der Waals surface area contributed by atoms with Crippen LogP contribution >= 0.6 is 23.4 Å². The highest BCUT2D eigenvalue weighted by Crippen LogP contribution is 2.18. The standard InChI is InChI=1S/C10H17ClN2OS/c1-4-9(7-15-3)13(2)10-12-8(5-11)6-14-10/h6,9H,4-5,7H2,1-3H3. The van der Waals surface area contributed by atoms with Gasteiger partial charge in [-0.05, 0) is 12.7 Å². The summed E-state index contributed by atoms with van der Waals surface area (Å²) in [5.41, 5.74) is 0.789. The summed E-state index contributed by atoms with van der Waals surface area (Å²) < 4.78 is 5.37. The van der Waals surface area contributed by atoms with Crippen molar-refractivity contribution in [1.82, 2.24) is 4.98 Å². The van der Waals surface area contributed by atoms with Crippen molar-refractivity contribution in [3.63, 3.8) is 0 Å². The Hall–Kier alpha value is -0.350. The van der Waals surface area contributed by atoms with Crippen molar-refractivity contribution in [3.05, 3.63) is 12.0 Å². The molecule has 1 rings (SSSR count). The number of aromatic nitrogens is 1. The molecule has 5 heteroatoms. The van der Waals surface area contributed by atoms with Gasteiger partial charge in [-0.25, -0.2) is 0 Å². The summed E-state index contributed by atoms with van der Waals surface area (Å²) in [6.45, 7) is 2.17. The van der Waals surface area contributed by atoms with E-state index in [1.807, 2.05) is 18.8 Å². The topological polar surface area (TPSA) is 29.3 Å². The van der Waals surface area contributed by atoms with Gasteiger partial charge in [0.1, 0.15) is 6.26 Å². The molecule has 0 radical (unpaired) electrons. The largest absolute Gasteiger partial charge is 0.432 e. The van der Waals surface area contributed by atoms with E-state index in [0.717, 1.165) is 17.9 Å². The number of hydrogen-bond donors (Lipinski definition) is 0. The van der Waals surface area contributed by atoms with E-state index >= 15 is 0 Å². The lowest BCUT2D eigenvalue weighted by molar-refractivity contribution is 0.518. The number of alkyl halides is 1. The van der Waals surface area contributed by atoms with Crippen LogP contribution < -0.4 is 4.90 Å². The quantitative estimate of drug-likeness (QED) is 0.724. The summed E-state index contributed by atoms with van der Waals surface area (Å²) in [7, 11) is 2.01. The van der Waals surface area contributed by atoms with Crippen molar-refractivity contribution in [2.24, 2.45) is 0 Å². The van der Waals surface area contributed by atoms with Gasteiger partial charge in [0.25, 0.3) is 6.01 Å². The van der Waals surface area contributed by atoms with Crippen molar-refractivity contribution in [2.75, 3.05) is 24.0 Å². The van der Waals surface area contributed by atoms with Gasteiger partial charge in [-0.1, -0.05) is 6.92 Å². The third-order valence-electron chi connectivity index (χ3n) is 2.36. The molecule has 3 nitrogen and oxygen atoms in total. The normalized spacial score (nSPS) is 12.8. The molecule has 0 aliphatic rings. The third kappa shape index (κ3) is 3.31. The average Bonchev–Trinajstić information content (AvgIpc) is 2.73. The van der Waals surface area contributed by atoms with Crippen molar-refractivity contribution in [2.45, 2.75) is 25.3 Å². The predicted molar refractivity (Wildman–Crippen MR) is 66.9 cm³/mol. The average molecular weight is 249 g/mol. The van der Waals surface area contributed by atoms with Crippen LogP contribution in [0.3, 0.4) is 0 Å². The molecule has 0 N–H and O–H groups in total. The fraction of sp³-hybridized carbons (Fsp3) is 0.700. The molecule has 1 aromatic heterocycles. The molecule has 0 spiro atoms. The maximum atomic E-state index is 5.67. The predicted octanol–water partition coefficient (Wildman–Crippen LogP) is 2.99. The highest BCUT2D eigenvalue weighted by atomic mass is 35.5. The molecule has 0 saturated heterocycles. The molecule has 0 saturated carbocycles. The highest BCUT2D eigenvalue weighted by Gasteiger charge is 2.16. The van der Waals surface area contributed by atoms with Crippen molar-refractivity contribution in [1.29, 1.82) is 0 Å². The number of nitrogens with zero attached hydrogens (tertiary/aromatic N) is 2. The molecule has 1 aromatic rings. The van der Waals surface area contributed by atoms with Crippen LogP contribution in [0.15, 0.2) is 10.7 Å². The van der Waals surface area contributed by atoms with Crippen LogP contribution in [-0.4, -0.2) is 30.1 Å². The number of halogens is 1. The molecule has 15 heavy (non-hydrogen) atoms. The SMILES string of the molecule is CCC(CSC)N(C)c1nc(CCl)co1. The zero-order valence-electron chi connectivity index (χ0n) is 9.36. The Morgan fingerprint density at radius 3 is 2.87 bits per heavy atom. The molecule has 0 aliphatic carbocycles. The molecule has 0 amide bonds.